The lowest BCUT2D eigenvalue weighted by atomic mass is 10.1. The van der Waals surface area contributed by atoms with Gasteiger partial charge in [0.05, 0.1) is 6.26 Å². The Morgan fingerprint density at radius 3 is 2.36 bits per heavy atom. The van der Waals surface area contributed by atoms with Gasteiger partial charge in [-0.15, -0.1) is 0 Å². The van der Waals surface area contributed by atoms with E-state index in [-0.39, 0.29) is 5.75 Å². The van der Waals surface area contributed by atoms with Gasteiger partial charge in [0.2, 0.25) is 10.0 Å². The molecule has 0 atom stereocenters. The van der Waals surface area contributed by atoms with Gasteiger partial charge in [-0.25, -0.2) is 13.1 Å². The quantitative estimate of drug-likeness (QED) is 0.768. The Kier molecular flexibility index (Phi) is 3.49. The van der Waals surface area contributed by atoms with Crippen LogP contribution in [0.1, 0.15) is 5.56 Å². The molecule has 0 aromatic heterocycles. The largest absolute Gasteiger partial charge is 0.508 e. The van der Waals surface area contributed by atoms with Gasteiger partial charge in [-0.3, -0.25) is 0 Å². The summed E-state index contributed by atoms with van der Waals surface area (Å²) in [6.45, 7) is 0.379. The number of benzene rings is 1. The summed E-state index contributed by atoms with van der Waals surface area (Å²) in [7, 11) is -3.10. The zero-order valence-electron chi connectivity index (χ0n) is 7.90. The normalized spacial score (nSPS) is 11.5. The highest BCUT2D eigenvalue weighted by Crippen LogP contribution is 2.09. The van der Waals surface area contributed by atoms with Crippen LogP contribution in [0.15, 0.2) is 24.3 Å². The van der Waals surface area contributed by atoms with E-state index in [0.29, 0.717) is 13.0 Å². The summed E-state index contributed by atoms with van der Waals surface area (Å²) in [5, 5.41) is 9.00. The van der Waals surface area contributed by atoms with Crippen LogP contribution in [-0.2, 0) is 16.4 Å². The lowest BCUT2D eigenvalue weighted by molar-refractivity contribution is 0.475. The average molecular weight is 215 g/mol. The molecule has 0 amide bonds. The van der Waals surface area contributed by atoms with Gasteiger partial charge < -0.3 is 5.11 Å². The van der Waals surface area contributed by atoms with Crippen molar-refractivity contribution in [1.82, 2.24) is 4.72 Å². The van der Waals surface area contributed by atoms with E-state index in [4.69, 9.17) is 5.11 Å². The molecule has 0 aliphatic carbocycles. The van der Waals surface area contributed by atoms with Gasteiger partial charge in [-0.1, -0.05) is 12.1 Å². The fourth-order valence-corrected chi connectivity index (χ4v) is 1.52. The van der Waals surface area contributed by atoms with Crippen molar-refractivity contribution in [3.8, 4) is 5.75 Å². The predicted octanol–water partition coefficient (Wildman–Crippen LogP) is 0.484. The second kappa shape index (κ2) is 4.43. The van der Waals surface area contributed by atoms with Crippen molar-refractivity contribution in [3.05, 3.63) is 29.8 Å². The number of sulfonamides is 1. The molecule has 0 bridgehead atoms. The molecule has 0 heterocycles. The SMILES string of the molecule is CS(=O)(=O)NCCc1ccc(O)cc1. The Hall–Kier alpha value is -1.07. The number of nitrogens with one attached hydrogen (secondary N) is 1. The molecule has 5 heteroatoms. The van der Waals surface area contributed by atoms with Gasteiger partial charge in [0, 0.05) is 6.54 Å². The summed E-state index contributed by atoms with van der Waals surface area (Å²) in [6.07, 6.45) is 1.75. The van der Waals surface area contributed by atoms with E-state index < -0.39 is 10.0 Å². The minimum Gasteiger partial charge on any atom is -0.508 e. The Labute approximate surface area is 83.6 Å². The second-order valence-electron chi connectivity index (χ2n) is 3.08. The highest BCUT2D eigenvalue weighted by molar-refractivity contribution is 7.88. The summed E-state index contributed by atoms with van der Waals surface area (Å²) in [4.78, 5) is 0. The fraction of sp³-hybridized carbons (Fsp3) is 0.333. The van der Waals surface area contributed by atoms with Crippen LogP contribution in [0.4, 0.5) is 0 Å². The molecule has 0 fully saturated rings. The monoisotopic (exact) mass is 215 g/mol. The first-order valence-electron chi connectivity index (χ1n) is 4.20. The van der Waals surface area contributed by atoms with Crippen molar-refractivity contribution in [2.24, 2.45) is 0 Å². The van der Waals surface area contributed by atoms with E-state index in [0.717, 1.165) is 11.8 Å². The molecule has 0 aliphatic rings. The Balaban J connectivity index is 2.43. The van der Waals surface area contributed by atoms with Crippen LogP contribution in [-0.4, -0.2) is 26.3 Å². The second-order valence-corrected chi connectivity index (χ2v) is 4.92. The van der Waals surface area contributed by atoms with Gasteiger partial charge in [0.15, 0.2) is 0 Å². The van der Waals surface area contributed by atoms with Crippen molar-refractivity contribution in [2.75, 3.05) is 12.8 Å². The van der Waals surface area contributed by atoms with Crippen LogP contribution in [0.5, 0.6) is 5.75 Å². The lowest BCUT2D eigenvalue weighted by Crippen LogP contribution is -2.24. The number of phenols is 1. The summed E-state index contributed by atoms with van der Waals surface area (Å²) in [5.74, 6) is 0.213. The Morgan fingerprint density at radius 2 is 1.86 bits per heavy atom. The molecule has 0 radical (unpaired) electrons. The zero-order valence-corrected chi connectivity index (χ0v) is 8.71. The number of hydrogen-bond donors (Lipinski definition) is 2. The topological polar surface area (TPSA) is 66.4 Å². The van der Waals surface area contributed by atoms with E-state index in [1.807, 2.05) is 0 Å². The Morgan fingerprint density at radius 1 is 1.29 bits per heavy atom. The van der Waals surface area contributed by atoms with E-state index in [2.05, 4.69) is 4.72 Å². The first-order valence-corrected chi connectivity index (χ1v) is 6.09. The molecule has 14 heavy (non-hydrogen) atoms. The van der Waals surface area contributed by atoms with E-state index >= 15 is 0 Å². The molecule has 1 aromatic rings. The highest BCUT2D eigenvalue weighted by atomic mass is 32.2. The Bertz CT molecular complexity index is 383. The highest BCUT2D eigenvalue weighted by Gasteiger charge is 1.99. The summed E-state index contributed by atoms with van der Waals surface area (Å²) >= 11 is 0. The molecule has 1 aromatic carbocycles. The number of hydrogen-bond acceptors (Lipinski definition) is 3. The molecule has 0 spiro atoms. The standard InChI is InChI=1S/C9H13NO3S/c1-14(12,13)10-7-6-8-2-4-9(11)5-3-8/h2-5,10-11H,6-7H2,1H3. The van der Waals surface area contributed by atoms with Gasteiger partial charge in [-0.2, -0.15) is 0 Å². The third-order valence-corrected chi connectivity index (χ3v) is 2.44. The molecule has 4 nitrogen and oxygen atoms in total. The van der Waals surface area contributed by atoms with Crippen LogP contribution in [0.25, 0.3) is 0 Å². The molecule has 0 unspecified atom stereocenters. The minimum absolute atomic E-state index is 0.213. The van der Waals surface area contributed by atoms with Crippen molar-refractivity contribution in [2.45, 2.75) is 6.42 Å². The van der Waals surface area contributed by atoms with Crippen LogP contribution in [0.3, 0.4) is 0 Å². The maximum Gasteiger partial charge on any atom is 0.208 e. The molecule has 0 saturated carbocycles. The smallest absolute Gasteiger partial charge is 0.208 e. The van der Waals surface area contributed by atoms with E-state index in [1.165, 1.54) is 0 Å². The first-order chi connectivity index (χ1) is 6.47. The van der Waals surface area contributed by atoms with Crippen LogP contribution in [0, 0.1) is 0 Å². The van der Waals surface area contributed by atoms with Crippen molar-refractivity contribution >= 4 is 10.0 Å². The van der Waals surface area contributed by atoms with E-state index in [9.17, 15) is 8.42 Å². The molecule has 0 saturated heterocycles. The lowest BCUT2D eigenvalue weighted by Gasteiger charge is -2.02. The van der Waals surface area contributed by atoms with Crippen LogP contribution in [0.2, 0.25) is 0 Å². The number of phenolic OH excluding ortho intramolecular Hbond substituents is 1. The molecule has 0 aliphatic heterocycles. The van der Waals surface area contributed by atoms with Gasteiger partial charge >= 0.3 is 0 Å². The van der Waals surface area contributed by atoms with Gasteiger partial charge in [-0.05, 0) is 24.1 Å². The minimum atomic E-state index is -3.10. The summed E-state index contributed by atoms with van der Waals surface area (Å²) < 4.78 is 23.8. The third-order valence-electron chi connectivity index (χ3n) is 1.71. The van der Waals surface area contributed by atoms with Crippen molar-refractivity contribution in [1.29, 1.82) is 0 Å². The molecule has 1 rings (SSSR count). The van der Waals surface area contributed by atoms with Crippen molar-refractivity contribution in [3.63, 3.8) is 0 Å². The molecule has 2 N–H and O–H groups in total. The number of aromatic hydroxyl groups is 1. The van der Waals surface area contributed by atoms with Crippen LogP contribution < -0.4 is 4.72 Å². The maximum atomic E-state index is 10.7. The zero-order chi connectivity index (χ0) is 10.6. The van der Waals surface area contributed by atoms with Gasteiger partial charge in [0.1, 0.15) is 5.75 Å². The van der Waals surface area contributed by atoms with Crippen molar-refractivity contribution < 1.29 is 13.5 Å². The van der Waals surface area contributed by atoms with Gasteiger partial charge in [0.25, 0.3) is 0 Å². The average Bonchev–Trinajstić information content (AvgIpc) is 2.06. The maximum absolute atomic E-state index is 10.7. The van der Waals surface area contributed by atoms with E-state index in [1.54, 1.807) is 24.3 Å². The third kappa shape index (κ3) is 4.25. The fourth-order valence-electron chi connectivity index (χ4n) is 1.04. The van der Waals surface area contributed by atoms with Crippen LogP contribution >= 0.6 is 0 Å². The summed E-state index contributed by atoms with van der Waals surface area (Å²) in [6, 6.07) is 6.68. The number of rotatable bonds is 4. The molecule has 78 valence electrons. The predicted molar refractivity (Wildman–Crippen MR) is 54.7 cm³/mol. The molecular formula is C9H13NO3S. The molecular weight excluding hydrogens is 202 g/mol. The summed E-state index contributed by atoms with van der Waals surface area (Å²) in [5.41, 5.74) is 0.985. The first kappa shape index (κ1) is 11.0.